The molecule has 24 heavy (non-hydrogen) atoms. The SMILES string of the molecule is CC(=O)NC1CN(Cc2ccccc2)CC1c1ccc(Cl)c(Cl)c1. The van der Waals surface area contributed by atoms with Gasteiger partial charge < -0.3 is 5.32 Å². The number of carbonyl (C=O) groups is 1. The molecule has 1 amide bonds. The molecular formula is C19H20Cl2N2O. The third-order valence-corrected chi connectivity index (χ3v) is 5.14. The fourth-order valence-corrected chi connectivity index (χ4v) is 3.65. The van der Waals surface area contributed by atoms with Crippen LogP contribution in [-0.4, -0.2) is 29.9 Å². The van der Waals surface area contributed by atoms with Gasteiger partial charge in [-0.2, -0.15) is 0 Å². The molecule has 1 N–H and O–H groups in total. The van der Waals surface area contributed by atoms with Crippen LogP contribution in [0.5, 0.6) is 0 Å². The molecule has 0 aliphatic carbocycles. The lowest BCUT2D eigenvalue weighted by Gasteiger charge is -2.19. The Morgan fingerprint density at radius 3 is 2.54 bits per heavy atom. The summed E-state index contributed by atoms with van der Waals surface area (Å²) in [6, 6.07) is 16.2. The largest absolute Gasteiger partial charge is 0.352 e. The second-order valence-corrected chi connectivity index (χ2v) is 7.08. The number of amides is 1. The lowest BCUT2D eigenvalue weighted by molar-refractivity contribution is -0.119. The molecule has 0 saturated carbocycles. The van der Waals surface area contributed by atoms with E-state index in [1.54, 1.807) is 6.92 Å². The van der Waals surface area contributed by atoms with Crippen molar-refractivity contribution in [3.8, 4) is 0 Å². The Labute approximate surface area is 152 Å². The molecule has 0 radical (unpaired) electrons. The molecule has 2 atom stereocenters. The zero-order chi connectivity index (χ0) is 17.1. The highest BCUT2D eigenvalue weighted by Crippen LogP contribution is 2.32. The molecule has 1 aliphatic rings. The lowest BCUT2D eigenvalue weighted by Crippen LogP contribution is -2.38. The molecule has 5 heteroatoms. The molecule has 1 fully saturated rings. The van der Waals surface area contributed by atoms with Gasteiger partial charge in [-0.25, -0.2) is 0 Å². The molecule has 0 spiro atoms. The Bertz CT molecular complexity index is 721. The van der Waals surface area contributed by atoms with Crippen LogP contribution in [0.3, 0.4) is 0 Å². The minimum Gasteiger partial charge on any atom is -0.352 e. The van der Waals surface area contributed by atoms with Gasteiger partial charge in [-0.15, -0.1) is 0 Å². The standard InChI is InChI=1S/C19H20Cl2N2O/c1-13(24)22-19-12-23(10-14-5-3-2-4-6-14)11-16(19)15-7-8-17(20)18(21)9-15/h2-9,16,19H,10-12H2,1H3,(H,22,24). The van der Waals surface area contributed by atoms with Crippen molar-refractivity contribution in [2.75, 3.05) is 13.1 Å². The predicted octanol–water partition coefficient (Wildman–Crippen LogP) is 4.10. The Morgan fingerprint density at radius 1 is 1.12 bits per heavy atom. The number of hydrogen-bond acceptors (Lipinski definition) is 2. The maximum Gasteiger partial charge on any atom is 0.217 e. The van der Waals surface area contributed by atoms with Gasteiger partial charge in [0.1, 0.15) is 0 Å². The molecule has 3 rings (SSSR count). The minimum absolute atomic E-state index is 0.00776. The number of carbonyl (C=O) groups excluding carboxylic acids is 1. The van der Waals surface area contributed by atoms with E-state index in [9.17, 15) is 4.79 Å². The Kier molecular flexibility index (Phi) is 5.44. The van der Waals surface area contributed by atoms with Gasteiger partial charge in [-0.3, -0.25) is 9.69 Å². The summed E-state index contributed by atoms with van der Waals surface area (Å²) in [5.74, 6) is 0.194. The molecule has 1 saturated heterocycles. The van der Waals surface area contributed by atoms with Crippen LogP contribution in [0.15, 0.2) is 48.5 Å². The summed E-state index contributed by atoms with van der Waals surface area (Å²) in [4.78, 5) is 14.0. The van der Waals surface area contributed by atoms with Gasteiger partial charge in [0.05, 0.1) is 10.0 Å². The number of hydrogen-bond donors (Lipinski definition) is 1. The normalized spacial score (nSPS) is 21.0. The lowest BCUT2D eigenvalue weighted by atomic mass is 9.94. The Balaban J connectivity index is 1.79. The molecule has 1 aliphatic heterocycles. The number of likely N-dealkylation sites (tertiary alicyclic amines) is 1. The minimum atomic E-state index is -0.00776. The molecule has 1 heterocycles. The Hall–Kier alpha value is -1.55. The fourth-order valence-electron chi connectivity index (χ4n) is 3.34. The van der Waals surface area contributed by atoms with E-state index in [1.165, 1.54) is 5.56 Å². The fraction of sp³-hybridized carbons (Fsp3) is 0.316. The third-order valence-electron chi connectivity index (χ3n) is 4.40. The van der Waals surface area contributed by atoms with E-state index < -0.39 is 0 Å². The predicted molar refractivity (Wildman–Crippen MR) is 98.5 cm³/mol. The van der Waals surface area contributed by atoms with E-state index in [0.29, 0.717) is 10.0 Å². The van der Waals surface area contributed by atoms with Crippen molar-refractivity contribution in [2.24, 2.45) is 0 Å². The van der Waals surface area contributed by atoms with Gasteiger partial charge in [0, 0.05) is 38.5 Å². The van der Waals surface area contributed by atoms with Gasteiger partial charge in [-0.1, -0.05) is 59.6 Å². The van der Waals surface area contributed by atoms with E-state index >= 15 is 0 Å². The summed E-state index contributed by atoms with van der Waals surface area (Å²) in [5.41, 5.74) is 2.38. The molecular weight excluding hydrogens is 343 g/mol. The molecule has 3 nitrogen and oxygen atoms in total. The van der Waals surface area contributed by atoms with Gasteiger partial charge in [0.15, 0.2) is 0 Å². The number of benzene rings is 2. The first kappa shape index (κ1) is 17.3. The molecule has 2 unspecified atom stereocenters. The summed E-state index contributed by atoms with van der Waals surface area (Å²) in [6.45, 7) is 4.12. The Morgan fingerprint density at radius 2 is 1.88 bits per heavy atom. The van der Waals surface area contributed by atoms with E-state index in [-0.39, 0.29) is 17.9 Å². The highest BCUT2D eigenvalue weighted by Gasteiger charge is 2.34. The summed E-state index contributed by atoms with van der Waals surface area (Å²) in [7, 11) is 0. The van der Waals surface area contributed by atoms with Crippen LogP contribution < -0.4 is 5.32 Å². The summed E-state index contributed by atoms with van der Waals surface area (Å²) in [6.07, 6.45) is 0. The van der Waals surface area contributed by atoms with E-state index in [4.69, 9.17) is 23.2 Å². The highest BCUT2D eigenvalue weighted by molar-refractivity contribution is 6.42. The zero-order valence-corrected chi connectivity index (χ0v) is 15.0. The number of nitrogens with one attached hydrogen (secondary N) is 1. The van der Waals surface area contributed by atoms with Crippen molar-refractivity contribution in [1.82, 2.24) is 10.2 Å². The highest BCUT2D eigenvalue weighted by atomic mass is 35.5. The average molecular weight is 363 g/mol. The van der Waals surface area contributed by atoms with Crippen LogP contribution in [0, 0.1) is 0 Å². The number of rotatable bonds is 4. The smallest absolute Gasteiger partial charge is 0.217 e. The van der Waals surface area contributed by atoms with Crippen molar-refractivity contribution >= 4 is 29.1 Å². The maximum atomic E-state index is 11.6. The topological polar surface area (TPSA) is 32.3 Å². The third kappa shape index (κ3) is 4.10. The summed E-state index contributed by atoms with van der Waals surface area (Å²) < 4.78 is 0. The van der Waals surface area contributed by atoms with Crippen LogP contribution in [0.1, 0.15) is 24.0 Å². The van der Waals surface area contributed by atoms with Crippen molar-refractivity contribution in [2.45, 2.75) is 25.4 Å². The van der Waals surface area contributed by atoms with Crippen LogP contribution in [-0.2, 0) is 11.3 Å². The second kappa shape index (κ2) is 7.56. The van der Waals surface area contributed by atoms with Gasteiger partial charge in [0.25, 0.3) is 0 Å². The average Bonchev–Trinajstić information content (AvgIpc) is 2.92. The molecule has 0 aromatic heterocycles. The second-order valence-electron chi connectivity index (χ2n) is 6.27. The zero-order valence-electron chi connectivity index (χ0n) is 13.5. The van der Waals surface area contributed by atoms with E-state index in [2.05, 4.69) is 22.3 Å². The summed E-state index contributed by atoms with van der Waals surface area (Å²) >= 11 is 12.2. The first-order valence-electron chi connectivity index (χ1n) is 8.01. The van der Waals surface area contributed by atoms with Crippen molar-refractivity contribution in [3.05, 3.63) is 69.7 Å². The van der Waals surface area contributed by atoms with Gasteiger partial charge in [0.2, 0.25) is 5.91 Å². The monoisotopic (exact) mass is 362 g/mol. The number of nitrogens with zero attached hydrogens (tertiary/aromatic N) is 1. The van der Waals surface area contributed by atoms with E-state index in [0.717, 1.165) is 25.2 Å². The van der Waals surface area contributed by atoms with Crippen molar-refractivity contribution in [1.29, 1.82) is 0 Å². The summed E-state index contributed by atoms with van der Waals surface area (Å²) in [5, 5.41) is 4.19. The first-order chi connectivity index (χ1) is 11.5. The number of halogens is 2. The quantitative estimate of drug-likeness (QED) is 0.887. The molecule has 2 aromatic rings. The van der Waals surface area contributed by atoms with Crippen molar-refractivity contribution < 1.29 is 4.79 Å². The van der Waals surface area contributed by atoms with Gasteiger partial charge in [-0.05, 0) is 23.3 Å². The van der Waals surface area contributed by atoms with Crippen LogP contribution in [0.25, 0.3) is 0 Å². The van der Waals surface area contributed by atoms with Crippen LogP contribution in [0.4, 0.5) is 0 Å². The molecule has 2 aromatic carbocycles. The van der Waals surface area contributed by atoms with Crippen LogP contribution in [0.2, 0.25) is 10.0 Å². The molecule has 126 valence electrons. The first-order valence-corrected chi connectivity index (χ1v) is 8.77. The maximum absolute atomic E-state index is 11.6. The van der Waals surface area contributed by atoms with Gasteiger partial charge >= 0.3 is 0 Å². The van der Waals surface area contributed by atoms with E-state index in [1.807, 2.05) is 36.4 Å². The molecule has 0 bridgehead atoms. The van der Waals surface area contributed by atoms with Crippen molar-refractivity contribution in [3.63, 3.8) is 0 Å². The van der Waals surface area contributed by atoms with Crippen LogP contribution >= 0.6 is 23.2 Å².